The Morgan fingerprint density at radius 2 is 1.57 bits per heavy atom. The molecule has 2 aromatic carbocycles. The third-order valence-electron chi connectivity index (χ3n) is 5.55. The average Bonchev–Trinajstić information content (AvgIpc) is 3.39. The molecule has 0 spiro atoms. The summed E-state index contributed by atoms with van der Waals surface area (Å²) in [6, 6.07) is 12.7. The van der Waals surface area contributed by atoms with Crippen LogP contribution < -0.4 is 28.6 Å². The minimum absolute atomic E-state index is 0.226. The van der Waals surface area contributed by atoms with Gasteiger partial charge in [-0.15, -0.1) is 0 Å². The summed E-state index contributed by atoms with van der Waals surface area (Å²) >= 11 is 1.34. The Kier molecular flexibility index (Phi) is 8.09. The molecule has 2 heterocycles. The highest BCUT2D eigenvalue weighted by molar-refractivity contribution is 7.22. The molecule has 10 heteroatoms. The molecule has 4 rings (SSSR count). The molecule has 0 N–H and O–H groups in total. The van der Waals surface area contributed by atoms with E-state index in [1.165, 1.54) is 24.5 Å². The molecule has 0 aliphatic carbocycles. The number of carbonyl (C=O) groups excluding carboxylic acids is 1. The van der Waals surface area contributed by atoms with E-state index in [2.05, 4.69) is 4.98 Å². The van der Waals surface area contributed by atoms with Crippen LogP contribution in [0.1, 0.15) is 11.3 Å². The second-order valence-corrected chi connectivity index (χ2v) is 8.66. The molecule has 0 saturated carbocycles. The van der Waals surface area contributed by atoms with Crippen molar-refractivity contribution >= 4 is 38.7 Å². The van der Waals surface area contributed by atoms with E-state index in [1.807, 2.05) is 24.3 Å². The maximum atomic E-state index is 13.6. The average molecular weight is 522 g/mol. The second kappa shape index (κ2) is 11.6. The molecule has 37 heavy (non-hydrogen) atoms. The number of anilines is 1. The van der Waals surface area contributed by atoms with Crippen LogP contribution in [0, 0.1) is 0 Å². The number of benzene rings is 2. The van der Waals surface area contributed by atoms with Crippen molar-refractivity contribution in [2.75, 3.05) is 40.4 Å². The first-order chi connectivity index (χ1) is 18.0. The maximum absolute atomic E-state index is 13.6. The predicted molar refractivity (Wildman–Crippen MR) is 143 cm³/mol. The fraction of sp³-hybridized carbons (Fsp3) is 0.222. The number of hydrogen-bond donors (Lipinski definition) is 0. The SMILES string of the molecule is COc1cc(/C=C/C(=O)N(Cc2ccccn2)c2nc3c(OC)ccc(OC)c3s2)cc(OC)c1OC. The number of nitrogens with zero attached hydrogens (tertiary/aromatic N) is 3. The Morgan fingerprint density at radius 1 is 0.892 bits per heavy atom. The van der Waals surface area contributed by atoms with E-state index in [1.54, 1.807) is 63.8 Å². The summed E-state index contributed by atoms with van der Waals surface area (Å²) in [7, 11) is 7.80. The van der Waals surface area contributed by atoms with Gasteiger partial charge >= 0.3 is 0 Å². The normalized spacial score (nSPS) is 10.9. The zero-order valence-corrected chi connectivity index (χ0v) is 22.0. The number of rotatable bonds is 10. The topological polar surface area (TPSA) is 92.2 Å². The van der Waals surface area contributed by atoms with E-state index < -0.39 is 0 Å². The number of carbonyl (C=O) groups is 1. The fourth-order valence-electron chi connectivity index (χ4n) is 3.74. The van der Waals surface area contributed by atoms with Crippen molar-refractivity contribution < 1.29 is 28.5 Å². The van der Waals surface area contributed by atoms with Gasteiger partial charge in [0.05, 0.1) is 47.8 Å². The van der Waals surface area contributed by atoms with E-state index in [0.29, 0.717) is 45.0 Å². The van der Waals surface area contributed by atoms with Crippen LogP contribution in [0.2, 0.25) is 0 Å². The molecular formula is C27H27N3O6S. The first-order valence-electron chi connectivity index (χ1n) is 11.2. The quantitative estimate of drug-likeness (QED) is 0.270. The first-order valence-corrected chi connectivity index (χ1v) is 12.1. The summed E-state index contributed by atoms with van der Waals surface area (Å²) in [6.45, 7) is 0.226. The van der Waals surface area contributed by atoms with Crippen LogP contribution in [0.25, 0.3) is 16.3 Å². The third kappa shape index (κ3) is 5.44. The molecule has 0 saturated heterocycles. The number of amides is 1. The van der Waals surface area contributed by atoms with Crippen LogP contribution in [-0.4, -0.2) is 51.4 Å². The fourth-order valence-corrected chi connectivity index (χ4v) is 4.82. The van der Waals surface area contributed by atoms with E-state index in [-0.39, 0.29) is 12.5 Å². The molecule has 0 fully saturated rings. The summed E-state index contributed by atoms with van der Waals surface area (Å²) in [5.74, 6) is 2.42. The molecule has 0 bridgehead atoms. The van der Waals surface area contributed by atoms with Crippen molar-refractivity contribution in [3.8, 4) is 28.7 Å². The van der Waals surface area contributed by atoms with Crippen LogP contribution in [0.4, 0.5) is 5.13 Å². The van der Waals surface area contributed by atoms with Crippen LogP contribution in [0.5, 0.6) is 28.7 Å². The summed E-state index contributed by atoms with van der Waals surface area (Å²) in [4.78, 5) is 24.3. The van der Waals surface area contributed by atoms with E-state index >= 15 is 0 Å². The van der Waals surface area contributed by atoms with Gasteiger partial charge in [-0.05, 0) is 48.0 Å². The molecular weight excluding hydrogens is 494 g/mol. The third-order valence-corrected chi connectivity index (χ3v) is 6.64. The largest absolute Gasteiger partial charge is 0.495 e. The first kappa shape index (κ1) is 25.8. The summed E-state index contributed by atoms with van der Waals surface area (Å²) in [5.41, 5.74) is 2.04. The lowest BCUT2D eigenvalue weighted by Gasteiger charge is -2.18. The summed E-state index contributed by atoms with van der Waals surface area (Å²) in [5, 5.41) is 0.489. The maximum Gasteiger partial charge on any atom is 0.253 e. The molecule has 4 aromatic rings. The zero-order chi connectivity index (χ0) is 26.4. The Hall–Kier alpha value is -4.31. The van der Waals surface area contributed by atoms with Gasteiger partial charge in [0.15, 0.2) is 16.6 Å². The number of aromatic nitrogens is 2. The van der Waals surface area contributed by atoms with Crippen LogP contribution in [0.15, 0.2) is 54.7 Å². The van der Waals surface area contributed by atoms with Gasteiger partial charge in [-0.2, -0.15) is 0 Å². The Labute approximate surface area is 218 Å². The van der Waals surface area contributed by atoms with Crippen LogP contribution in [0.3, 0.4) is 0 Å². The lowest BCUT2D eigenvalue weighted by molar-refractivity contribution is -0.114. The Morgan fingerprint density at radius 3 is 2.16 bits per heavy atom. The van der Waals surface area contributed by atoms with Gasteiger partial charge in [0.1, 0.15) is 21.7 Å². The number of thiazole rings is 1. The van der Waals surface area contributed by atoms with Crippen molar-refractivity contribution in [1.82, 2.24) is 9.97 Å². The zero-order valence-electron chi connectivity index (χ0n) is 21.2. The number of hydrogen-bond acceptors (Lipinski definition) is 9. The van der Waals surface area contributed by atoms with Crippen molar-refractivity contribution in [2.24, 2.45) is 0 Å². The van der Waals surface area contributed by atoms with Crippen molar-refractivity contribution in [3.63, 3.8) is 0 Å². The standard InChI is InChI=1S/C27H27N3O6S/c1-32-19-10-11-20(33-2)26-24(19)29-27(37-26)30(16-18-8-6-7-13-28-18)23(31)12-9-17-14-21(34-3)25(36-5)22(15-17)35-4/h6-15H,16H2,1-5H3/b12-9+. The molecule has 2 aromatic heterocycles. The molecule has 1 amide bonds. The summed E-state index contributed by atoms with van der Waals surface area (Å²) in [6.07, 6.45) is 4.85. The van der Waals surface area contributed by atoms with Crippen LogP contribution in [-0.2, 0) is 11.3 Å². The lowest BCUT2D eigenvalue weighted by Crippen LogP contribution is -2.29. The molecule has 0 unspecified atom stereocenters. The van der Waals surface area contributed by atoms with Gasteiger partial charge in [0.25, 0.3) is 5.91 Å². The Bertz CT molecular complexity index is 1350. The molecule has 0 atom stereocenters. The van der Waals surface area contributed by atoms with Crippen LogP contribution >= 0.6 is 11.3 Å². The molecule has 0 aliphatic heterocycles. The van der Waals surface area contributed by atoms with Gasteiger partial charge in [-0.3, -0.25) is 14.7 Å². The van der Waals surface area contributed by atoms with Gasteiger partial charge in [-0.25, -0.2) is 4.98 Å². The lowest BCUT2D eigenvalue weighted by atomic mass is 10.1. The molecule has 9 nitrogen and oxygen atoms in total. The van der Waals surface area contributed by atoms with Crippen molar-refractivity contribution in [3.05, 3.63) is 66.0 Å². The van der Waals surface area contributed by atoms with Gasteiger partial charge < -0.3 is 23.7 Å². The number of pyridine rings is 1. The Balaban J connectivity index is 1.74. The number of fused-ring (bicyclic) bond motifs is 1. The van der Waals surface area contributed by atoms with Gasteiger partial charge in [-0.1, -0.05) is 17.4 Å². The molecule has 0 aliphatic rings. The van der Waals surface area contributed by atoms with E-state index in [9.17, 15) is 4.79 Å². The number of ether oxygens (including phenoxy) is 5. The number of methoxy groups -OCH3 is 5. The monoisotopic (exact) mass is 521 g/mol. The van der Waals surface area contributed by atoms with Gasteiger partial charge in [0, 0.05) is 12.3 Å². The van der Waals surface area contributed by atoms with Crippen molar-refractivity contribution in [2.45, 2.75) is 6.54 Å². The van der Waals surface area contributed by atoms with E-state index in [0.717, 1.165) is 10.4 Å². The summed E-state index contributed by atoms with van der Waals surface area (Å²) < 4.78 is 28.0. The highest BCUT2D eigenvalue weighted by atomic mass is 32.1. The molecule has 0 radical (unpaired) electrons. The minimum Gasteiger partial charge on any atom is -0.495 e. The van der Waals surface area contributed by atoms with E-state index in [4.69, 9.17) is 28.7 Å². The minimum atomic E-state index is -0.281. The van der Waals surface area contributed by atoms with Gasteiger partial charge in [0.2, 0.25) is 5.75 Å². The predicted octanol–water partition coefficient (Wildman–Crippen LogP) is 4.98. The highest BCUT2D eigenvalue weighted by Crippen LogP contribution is 2.41. The second-order valence-electron chi connectivity index (χ2n) is 7.68. The van der Waals surface area contributed by atoms with Crippen molar-refractivity contribution in [1.29, 1.82) is 0 Å². The highest BCUT2D eigenvalue weighted by Gasteiger charge is 2.22. The molecule has 192 valence electrons. The smallest absolute Gasteiger partial charge is 0.253 e.